The maximum absolute atomic E-state index is 12.7. The molecule has 4 rings (SSSR count). The Balaban J connectivity index is 1.42. The molecule has 2 aliphatic heterocycles. The molecule has 2 aromatic rings. The summed E-state index contributed by atoms with van der Waals surface area (Å²) in [5, 5.41) is 2.45. The molecule has 7 heteroatoms. The van der Waals surface area contributed by atoms with E-state index in [0.29, 0.717) is 17.3 Å². The van der Waals surface area contributed by atoms with E-state index in [0.717, 1.165) is 11.4 Å². The van der Waals surface area contributed by atoms with E-state index in [1.165, 1.54) is 67.4 Å². The van der Waals surface area contributed by atoms with Crippen molar-refractivity contribution < 1.29 is 4.79 Å². The smallest absolute Gasteiger partial charge is 0.262 e. The van der Waals surface area contributed by atoms with Gasteiger partial charge in [0.1, 0.15) is 11.4 Å². The van der Waals surface area contributed by atoms with Crippen LogP contribution < -0.4 is 5.56 Å². The monoisotopic (exact) mass is 374 g/mol. The first-order chi connectivity index (χ1) is 12.6. The van der Waals surface area contributed by atoms with Gasteiger partial charge in [0, 0.05) is 19.6 Å². The maximum atomic E-state index is 12.7. The topological polar surface area (TPSA) is 58.4 Å². The minimum atomic E-state index is -0.130. The summed E-state index contributed by atoms with van der Waals surface area (Å²) in [6.45, 7) is 3.26. The average molecular weight is 375 g/mol. The highest BCUT2D eigenvalue weighted by Crippen LogP contribution is 2.31. The largest absolute Gasteiger partial charge is 0.344 e. The number of nitrogens with zero attached hydrogens (tertiary/aromatic N) is 4. The number of aromatic nitrogens is 2. The van der Waals surface area contributed by atoms with Crippen LogP contribution in [-0.4, -0.2) is 58.0 Å². The molecular weight excluding hydrogens is 348 g/mol. The Kier molecular flexibility index (Phi) is 5.09. The Morgan fingerprint density at radius 1 is 1.31 bits per heavy atom. The molecule has 2 fully saturated rings. The number of fused-ring (bicyclic) bond motifs is 2. The average Bonchev–Trinajstić information content (AvgIpc) is 3.14. The Morgan fingerprint density at radius 3 is 3.04 bits per heavy atom. The van der Waals surface area contributed by atoms with Crippen LogP contribution in [0.15, 0.2) is 22.6 Å². The van der Waals surface area contributed by atoms with Crippen LogP contribution in [0.2, 0.25) is 0 Å². The molecule has 2 saturated heterocycles. The van der Waals surface area contributed by atoms with Gasteiger partial charge in [-0.15, -0.1) is 11.3 Å². The van der Waals surface area contributed by atoms with Gasteiger partial charge >= 0.3 is 0 Å². The molecule has 2 aromatic heterocycles. The summed E-state index contributed by atoms with van der Waals surface area (Å²) in [6.07, 6.45) is 7.78. The van der Waals surface area contributed by atoms with Gasteiger partial charge in [-0.05, 0) is 56.1 Å². The van der Waals surface area contributed by atoms with Crippen molar-refractivity contribution in [1.29, 1.82) is 0 Å². The van der Waals surface area contributed by atoms with Crippen LogP contribution >= 0.6 is 11.3 Å². The van der Waals surface area contributed by atoms with Gasteiger partial charge in [-0.3, -0.25) is 14.2 Å². The first kappa shape index (κ1) is 17.7. The lowest BCUT2D eigenvalue weighted by Crippen LogP contribution is -2.51. The molecule has 0 radical (unpaired) electrons. The number of thiophene rings is 1. The maximum Gasteiger partial charge on any atom is 0.262 e. The molecule has 6 nitrogen and oxygen atoms in total. The Bertz CT molecular complexity index is 843. The minimum Gasteiger partial charge on any atom is -0.344 e. The van der Waals surface area contributed by atoms with Gasteiger partial charge in [-0.2, -0.15) is 0 Å². The fourth-order valence-electron chi connectivity index (χ4n) is 4.52. The standard InChI is InChI=1S/C19H26N4O2S/c1-21(11-14-5-4-9-22-8-3-2-6-16(14)22)17(24)12-23-13-20-18-15(19(23)25)7-10-26-18/h7,10,13-14,16H,2-6,8-9,11-12H2,1H3/t14-,16+/m0/s1. The zero-order valence-electron chi connectivity index (χ0n) is 15.3. The van der Waals surface area contributed by atoms with Crippen LogP contribution in [0.25, 0.3) is 10.2 Å². The summed E-state index contributed by atoms with van der Waals surface area (Å²) in [4.78, 5) is 34.6. The number of piperidine rings is 2. The molecule has 140 valence electrons. The summed E-state index contributed by atoms with van der Waals surface area (Å²) in [6, 6.07) is 2.40. The van der Waals surface area contributed by atoms with Gasteiger partial charge in [-0.1, -0.05) is 6.42 Å². The lowest BCUT2D eigenvalue weighted by atomic mass is 9.83. The second-order valence-electron chi connectivity index (χ2n) is 7.59. The molecule has 2 atom stereocenters. The normalized spacial score (nSPS) is 23.7. The zero-order valence-corrected chi connectivity index (χ0v) is 16.1. The molecule has 0 saturated carbocycles. The van der Waals surface area contributed by atoms with E-state index in [1.807, 2.05) is 17.3 Å². The van der Waals surface area contributed by atoms with E-state index >= 15 is 0 Å². The van der Waals surface area contributed by atoms with Crippen LogP contribution in [0.5, 0.6) is 0 Å². The predicted octanol–water partition coefficient (Wildman–Crippen LogP) is 2.18. The molecule has 0 spiro atoms. The van der Waals surface area contributed by atoms with E-state index in [4.69, 9.17) is 0 Å². The number of hydrogen-bond acceptors (Lipinski definition) is 5. The predicted molar refractivity (Wildman–Crippen MR) is 103 cm³/mol. The van der Waals surface area contributed by atoms with Crippen LogP contribution in [0.4, 0.5) is 0 Å². The quantitative estimate of drug-likeness (QED) is 0.823. The molecule has 4 heterocycles. The molecule has 2 aliphatic rings. The number of carbonyl (C=O) groups is 1. The summed E-state index contributed by atoms with van der Waals surface area (Å²) in [7, 11) is 1.87. The van der Waals surface area contributed by atoms with Crippen molar-refractivity contribution in [1.82, 2.24) is 19.4 Å². The summed E-state index contributed by atoms with van der Waals surface area (Å²) >= 11 is 1.44. The summed E-state index contributed by atoms with van der Waals surface area (Å²) in [5.74, 6) is 0.531. The fourth-order valence-corrected chi connectivity index (χ4v) is 5.24. The highest BCUT2D eigenvalue weighted by atomic mass is 32.1. The van der Waals surface area contributed by atoms with Crippen LogP contribution in [0.3, 0.4) is 0 Å². The molecule has 0 aromatic carbocycles. The second-order valence-corrected chi connectivity index (χ2v) is 8.49. The highest BCUT2D eigenvalue weighted by molar-refractivity contribution is 7.16. The fraction of sp³-hybridized carbons (Fsp3) is 0.632. The number of carbonyl (C=O) groups excluding carboxylic acids is 1. The zero-order chi connectivity index (χ0) is 18.1. The van der Waals surface area contributed by atoms with Crippen molar-refractivity contribution in [3.8, 4) is 0 Å². The summed E-state index contributed by atoms with van der Waals surface area (Å²) < 4.78 is 1.43. The Labute approximate surface area is 157 Å². The van der Waals surface area contributed by atoms with E-state index in [1.54, 1.807) is 6.07 Å². The van der Waals surface area contributed by atoms with E-state index < -0.39 is 0 Å². The minimum absolute atomic E-state index is 0.0172. The number of hydrogen-bond donors (Lipinski definition) is 0. The molecule has 0 bridgehead atoms. The van der Waals surface area contributed by atoms with E-state index in [2.05, 4.69) is 9.88 Å². The summed E-state index contributed by atoms with van der Waals surface area (Å²) in [5.41, 5.74) is -0.130. The first-order valence-corrected chi connectivity index (χ1v) is 10.4. The van der Waals surface area contributed by atoms with Gasteiger partial charge in [-0.25, -0.2) is 4.98 Å². The molecule has 1 amide bonds. The van der Waals surface area contributed by atoms with Gasteiger partial charge in [0.05, 0.1) is 11.7 Å². The molecule has 0 aliphatic carbocycles. The van der Waals surface area contributed by atoms with Crippen molar-refractivity contribution in [2.75, 3.05) is 26.7 Å². The molecule has 0 unspecified atom stereocenters. The van der Waals surface area contributed by atoms with E-state index in [-0.39, 0.29) is 18.0 Å². The highest BCUT2D eigenvalue weighted by Gasteiger charge is 2.34. The number of amides is 1. The van der Waals surface area contributed by atoms with Crippen molar-refractivity contribution in [3.63, 3.8) is 0 Å². The van der Waals surface area contributed by atoms with Crippen LogP contribution in [-0.2, 0) is 11.3 Å². The van der Waals surface area contributed by atoms with E-state index in [9.17, 15) is 9.59 Å². The second kappa shape index (κ2) is 7.48. The molecule has 26 heavy (non-hydrogen) atoms. The Morgan fingerprint density at radius 2 is 2.15 bits per heavy atom. The first-order valence-electron chi connectivity index (χ1n) is 9.54. The lowest BCUT2D eigenvalue weighted by Gasteiger charge is -2.45. The Hall–Kier alpha value is -1.73. The van der Waals surface area contributed by atoms with Gasteiger partial charge < -0.3 is 9.80 Å². The van der Waals surface area contributed by atoms with Crippen LogP contribution in [0.1, 0.15) is 32.1 Å². The third kappa shape index (κ3) is 3.42. The number of likely N-dealkylation sites (N-methyl/N-ethyl adjacent to an activating group) is 1. The lowest BCUT2D eigenvalue weighted by molar-refractivity contribution is -0.131. The van der Waals surface area contributed by atoms with Crippen molar-refractivity contribution in [2.45, 2.75) is 44.7 Å². The van der Waals surface area contributed by atoms with Crippen molar-refractivity contribution >= 4 is 27.5 Å². The van der Waals surface area contributed by atoms with Crippen molar-refractivity contribution in [2.24, 2.45) is 5.92 Å². The third-order valence-corrected chi connectivity index (χ3v) is 6.74. The van der Waals surface area contributed by atoms with Crippen LogP contribution in [0, 0.1) is 5.92 Å². The van der Waals surface area contributed by atoms with Crippen molar-refractivity contribution in [3.05, 3.63) is 28.1 Å². The molecular formula is C19H26N4O2S. The molecule has 0 N–H and O–H groups in total. The number of rotatable bonds is 4. The van der Waals surface area contributed by atoms with Gasteiger partial charge in [0.2, 0.25) is 5.91 Å². The SMILES string of the molecule is CN(C[C@@H]1CCCN2CCCC[C@H]12)C(=O)Cn1cnc2sccc2c1=O. The third-order valence-electron chi connectivity index (χ3n) is 5.92. The van der Waals surface area contributed by atoms with Gasteiger partial charge in [0.15, 0.2) is 0 Å². The van der Waals surface area contributed by atoms with Gasteiger partial charge in [0.25, 0.3) is 5.56 Å².